The van der Waals surface area contributed by atoms with E-state index in [1.54, 1.807) is 11.8 Å². The molecule has 1 aliphatic rings. The van der Waals surface area contributed by atoms with Crippen molar-refractivity contribution in [2.24, 2.45) is 0 Å². The van der Waals surface area contributed by atoms with Crippen molar-refractivity contribution in [3.05, 3.63) is 59.2 Å². The van der Waals surface area contributed by atoms with Crippen LogP contribution in [0.3, 0.4) is 0 Å². The maximum Gasteiger partial charge on any atom is 0.238 e. The first-order valence-electron chi connectivity index (χ1n) is 11.4. The predicted octanol–water partition coefficient (Wildman–Crippen LogP) is 6.77. The molecule has 0 saturated carbocycles. The van der Waals surface area contributed by atoms with Crippen LogP contribution in [0.15, 0.2) is 42.5 Å². The lowest BCUT2D eigenvalue weighted by molar-refractivity contribution is -0.117. The lowest BCUT2D eigenvalue weighted by Gasteiger charge is -2.26. The van der Waals surface area contributed by atoms with Crippen LogP contribution in [0.2, 0.25) is 0 Å². The van der Waals surface area contributed by atoms with Gasteiger partial charge in [0.15, 0.2) is 0 Å². The van der Waals surface area contributed by atoms with Gasteiger partial charge in [0.1, 0.15) is 5.37 Å². The van der Waals surface area contributed by atoms with Crippen LogP contribution in [0.5, 0.6) is 0 Å². The molecule has 5 heteroatoms. The zero-order valence-corrected chi connectivity index (χ0v) is 19.8. The Morgan fingerprint density at radius 2 is 1.84 bits per heavy atom. The fourth-order valence-electron chi connectivity index (χ4n) is 4.07. The minimum absolute atomic E-state index is 0.0639. The van der Waals surface area contributed by atoms with E-state index >= 15 is 0 Å². The van der Waals surface area contributed by atoms with E-state index in [1.807, 2.05) is 35.2 Å². The Morgan fingerprint density at radius 3 is 2.61 bits per heavy atom. The molecule has 166 valence electrons. The van der Waals surface area contributed by atoms with E-state index in [1.165, 1.54) is 31.2 Å². The van der Waals surface area contributed by atoms with Crippen LogP contribution >= 0.6 is 11.8 Å². The molecule has 2 amide bonds. The summed E-state index contributed by atoms with van der Waals surface area (Å²) in [6.07, 6.45) is 7.58. The van der Waals surface area contributed by atoms with Crippen LogP contribution in [0.4, 0.5) is 11.4 Å². The average molecular weight is 439 g/mol. The van der Waals surface area contributed by atoms with Gasteiger partial charge in [-0.25, -0.2) is 0 Å². The molecule has 0 spiro atoms. The molecule has 0 unspecified atom stereocenters. The first kappa shape index (κ1) is 23.4. The summed E-state index contributed by atoms with van der Waals surface area (Å²) < 4.78 is 0. The summed E-state index contributed by atoms with van der Waals surface area (Å²) in [4.78, 5) is 27.0. The van der Waals surface area contributed by atoms with Gasteiger partial charge < -0.3 is 5.32 Å². The number of hydrogen-bond donors (Lipinski definition) is 1. The second kappa shape index (κ2) is 11.4. The molecule has 1 atom stereocenters. The number of benzene rings is 2. The van der Waals surface area contributed by atoms with E-state index in [9.17, 15) is 9.59 Å². The van der Waals surface area contributed by atoms with E-state index in [2.05, 4.69) is 38.2 Å². The highest BCUT2D eigenvalue weighted by molar-refractivity contribution is 8.00. The third-order valence-electron chi connectivity index (χ3n) is 5.69. The SMILES string of the molecule is CCCCCCCCC(=O)Nc1cccc([C@@H]2SCC(=O)N2c2ccc(C)cc2C)c1. The van der Waals surface area contributed by atoms with Crippen LogP contribution in [0.25, 0.3) is 0 Å². The molecule has 0 radical (unpaired) electrons. The number of nitrogens with zero attached hydrogens (tertiary/aromatic N) is 1. The zero-order valence-electron chi connectivity index (χ0n) is 18.9. The molecule has 1 fully saturated rings. The van der Waals surface area contributed by atoms with E-state index < -0.39 is 0 Å². The van der Waals surface area contributed by atoms with E-state index in [4.69, 9.17) is 0 Å². The predicted molar refractivity (Wildman–Crippen MR) is 132 cm³/mol. The highest BCUT2D eigenvalue weighted by Gasteiger charge is 2.34. The molecule has 31 heavy (non-hydrogen) atoms. The first-order chi connectivity index (χ1) is 15.0. The molecule has 1 heterocycles. The van der Waals surface area contributed by atoms with Crippen molar-refractivity contribution in [1.29, 1.82) is 0 Å². The Morgan fingerprint density at radius 1 is 1.06 bits per heavy atom. The normalized spacial score (nSPS) is 16.0. The van der Waals surface area contributed by atoms with Gasteiger partial charge in [-0.1, -0.05) is 68.9 Å². The summed E-state index contributed by atoms with van der Waals surface area (Å²) in [6, 6.07) is 14.1. The van der Waals surface area contributed by atoms with Gasteiger partial charge in [-0.2, -0.15) is 0 Å². The molecule has 0 aliphatic carbocycles. The molecule has 1 saturated heterocycles. The zero-order chi connectivity index (χ0) is 22.2. The number of nitrogens with one attached hydrogen (secondary N) is 1. The van der Waals surface area contributed by atoms with Crippen molar-refractivity contribution >= 4 is 35.0 Å². The highest BCUT2D eigenvalue weighted by Crippen LogP contribution is 2.43. The average Bonchev–Trinajstić information content (AvgIpc) is 3.12. The Labute approximate surface area is 190 Å². The molecular weight excluding hydrogens is 404 g/mol. The maximum atomic E-state index is 12.7. The fraction of sp³-hybridized carbons (Fsp3) is 0.462. The minimum Gasteiger partial charge on any atom is -0.326 e. The lowest BCUT2D eigenvalue weighted by Crippen LogP contribution is -2.28. The van der Waals surface area contributed by atoms with Crippen LogP contribution in [-0.4, -0.2) is 17.6 Å². The minimum atomic E-state index is -0.0793. The summed E-state index contributed by atoms with van der Waals surface area (Å²) >= 11 is 1.63. The lowest BCUT2D eigenvalue weighted by atomic mass is 10.1. The summed E-state index contributed by atoms with van der Waals surface area (Å²) in [5, 5.41) is 2.96. The Bertz CT molecular complexity index is 912. The molecule has 1 aliphatic heterocycles. The number of anilines is 2. The van der Waals surface area contributed by atoms with E-state index in [-0.39, 0.29) is 17.2 Å². The van der Waals surface area contributed by atoms with Gasteiger partial charge in [0.2, 0.25) is 11.8 Å². The van der Waals surface area contributed by atoms with Gasteiger partial charge in [-0.3, -0.25) is 14.5 Å². The van der Waals surface area contributed by atoms with Gasteiger partial charge in [-0.05, 0) is 49.6 Å². The first-order valence-corrected chi connectivity index (χ1v) is 12.4. The third-order valence-corrected chi connectivity index (χ3v) is 6.90. The molecule has 2 aromatic rings. The molecule has 1 N–H and O–H groups in total. The van der Waals surface area contributed by atoms with Gasteiger partial charge in [0, 0.05) is 17.8 Å². The topological polar surface area (TPSA) is 49.4 Å². The second-order valence-corrected chi connectivity index (χ2v) is 9.48. The Kier molecular flexibility index (Phi) is 8.59. The van der Waals surface area contributed by atoms with Crippen molar-refractivity contribution in [1.82, 2.24) is 0 Å². The van der Waals surface area contributed by atoms with Crippen molar-refractivity contribution in [3.63, 3.8) is 0 Å². The standard InChI is InChI=1S/C26H34N2O2S/c1-4-5-6-7-8-9-13-24(29)27-22-12-10-11-21(17-22)26-28(25(30)18-31-26)23-15-14-19(2)16-20(23)3/h10-12,14-17,26H,4-9,13,18H2,1-3H3,(H,27,29)/t26-/m0/s1. The second-order valence-electron chi connectivity index (χ2n) is 8.41. The summed E-state index contributed by atoms with van der Waals surface area (Å²) in [7, 11) is 0. The monoisotopic (exact) mass is 438 g/mol. The summed E-state index contributed by atoms with van der Waals surface area (Å²) in [5.41, 5.74) is 5.08. The third kappa shape index (κ3) is 6.36. The van der Waals surface area contributed by atoms with Crippen molar-refractivity contribution in [2.75, 3.05) is 16.0 Å². The molecule has 0 aromatic heterocycles. The number of carbonyl (C=O) groups is 2. The molecule has 2 aromatic carbocycles. The Hall–Kier alpha value is -2.27. The van der Waals surface area contributed by atoms with Crippen LogP contribution < -0.4 is 10.2 Å². The number of amides is 2. The quantitative estimate of drug-likeness (QED) is 0.416. The Balaban J connectivity index is 1.65. The number of carbonyl (C=O) groups excluding carboxylic acids is 2. The van der Waals surface area contributed by atoms with Gasteiger partial charge in [0.05, 0.1) is 5.75 Å². The fourth-order valence-corrected chi connectivity index (χ4v) is 5.22. The largest absolute Gasteiger partial charge is 0.326 e. The highest BCUT2D eigenvalue weighted by atomic mass is 32.2. The van der Waals surface area contributed by atoms with Gasteiger partial charge >= 0.3 is 0 Å². The van der Waals surface area contributed by atoms with Crippen LogP contribution in [-0.2, 0) is 9.59 Å². The number of hydrogen-bond acceptors (Lipinski definition) is 3. The van der Waals surface area contributed by atoms with Crippen molar-refractivity contribution < 1.29 is 9.59 Å². The number of rotatable bonds is 10. The van der Waals surface area contributed by atoms with Crippen molar-refractivity contribution in [2.45, 2.75) is 71.1 Å². The van der Waals surface area contributed by atoms with Gasteiger partial charge in [-0.15, -0.1) is 11.8 Å². The molecule has 3 rings (SSSR count). The molecule has 0 bridgehead atoms. The van der Waals surface area contributed by atoms with E-state index in [0.717, 1.165) is 35.3 Å². The maximum absolute atomic E-state index is 12.7. The molecular formula is C26H34N2O2S. The summed E-state index contributed by atoms with van der Waals surface area (Å²) in [5.74, 6) is 0.653. The summed E-state index contributed by atoms with van der Waals surface area (Å²) in [6.45, 7) is 6.32. The smallest absolute Gasteiger partial charge is 0.238 e. The number of aryl methyl sites for hydroxylation is 2. The van der Waals surface area contributed by atoms with Crippen molar-refractivity contribution in [3.8, 4) is 0 Å². The number of thioether (sulfide) groups is 1. The van der Waals surface area contributed by atoms with Crippen LogP contribution in [0.1, 0.15) is 73.9 Å². The number of unbranched alkanes of at least 4 members (excludes halogenated alkanes) is 5. The van der Waals surface area contributed by atoms with Crippen LogP contribution in [0, 0.1) is 13.8 Å². The van der Waals surface area contributed by atoms with E-state index in [0.29, 0.717) is 12.2 Å². The van der Waals surface area contributed by atoms with Gasteiger partial charge in [0.25, 0.3) is 0 Å². The molecule has 4 nitrogen and oxygen atoms in total.